The van der Waals surface area contributed by atoms with Gasteiger partial charge < -0.3 is 20.3 Å². The van der Waals surface area contributed by atoms with Crippen molar-refractivity contribution >= 4 is 23.6 Å². The number of rotatable bonds is 12. The average molecular weight is 524 g/mol. The Morgan fingerprint density at radius 2 is 1.55 bits per heavy atom. The maximum Gasteiger partial charge on any atom is 0.408 e. The highest BCUT2D eigenvalue weighted by Gasteiger charge is 2.37. The predicted molar refractivity (Wildman–Crippen MR) is 153 cm³/mol. The van der Waals surface area contributed by atoms with Crippen LogP contribution in [0.5, 0.6) is 0 Å². The lowest BCUT2D eigenvalue weighted by Gasteiger charge is -2.35. The summed E-state index contributed by atoms with van der Waals surface area (Å²) in [6.45, 7) is 13.5. The summed E-state index contributed by atoms with van der Waals surface area (Å²) in [5.41, 5.74) is 1.64. The maximum absolute atomic E-state index is 14.2. The molecule has 7 heteroatoms. The van der Waals surface area contributed by atoms with Crippen molar-refractivity contribution in [3.05, 3.63) is 65.7 Å². The summed E-state index contributed by atoms with van der Waals surface area (Å²) < 4.78 is 5.45. The highest BCUT2D eigenvalue weighted by Crippen LogP contribution is 2.27. The number of anilines is 1. The SMILES string of the molecule is CCCCCCN(C(=O)C(NC(=O)OC(C)(C)C)C(C)C)C(C(=O)Nc1ccccc1C)c1ccccc1. The number of alkyl carbamates (subject to hydrolysis) is 1. The number of aryl methyl sites for hydroxylation is 1. The molecule has 0 saturated heterocycles. The van der Waals surface area contributed by atoms with Gasteiger partial charge >= 0.3 is 6.09 Å². The van der Waals surface area contributed by atoms with E-state index in [4.69, 9.17) is 4.74 Å². The molecule has 3 amide bonds. The van der Waals surface area contributed by atoms with E-state index in [-0.39, 0.29) is 17.7 Å². The molecule has 2 N–H and O–H groups in total. The second-order valence-corrected chi connectivity index (χ2v) is 11.1. The lowest BCUT2D eigenvalue weighted by Crippen LogP contribution is -2.54. The molecule has 0 heterocycles. The lowest BCUT2D eigenvalue weighted by atomic mass is 9.98. The molecule has 38 heavy (non-hydrogen) atoms. The summed E-state index contributed by atoms with van der Waals surface area (Å²) in [4.78, 5) is 42.3. The van der Waals surface area contributed by atoms with Crippen LogP contribution in [0.4, 0.5) is 10.5 Å². The van der Waals surface area contributed by atoms with Crippen LogP contribution in [-0.4, -0.2) is 41.0 Å². The highest BCUT2D eigenvalue weighted by molar-refractivity contribution is 5.99. The minimum Gasteiger partial charge on any atom is -0.444 e. The fraction of sp³-hybridized carbons (Fsp3) is 0.516. The number of hydrogen-bond acceptors (Lipinski definition) is 4. The molecule has 0 fully saturated rings. The molecule has 0 aliphatic heterocycles. The Balaban J connectivity index is 2.48. The smallest absolute Gasteiger partial charge is 0.408 e. The van der Waals surface area contributed by atoms with Crippen molar-refractivity contribution in [1.29, 1.82) is 0 Å². The number of amides is 3. The Kier molecular flexibility index (Phi) is 11.8. The number of nitrogens with zero attached hydrogens (tertiary/aromatic N) is 1. The van der Waals surface area contributed by atoms with Crippen molar-refractivity contribution in [2.75, 3.05) is 11.9 Å². The van der Waals surface area contributed by atoms with Crippen LogP contribution in [-0.2, 0) is 14.3 Å². The summed E-state index contributed by atoms with van der Waals surface area (Å²) in [6.07, 6.45) is 3.12. The van der Waals surface area contributed by atoms with Gasteiger partial charge in [-0.2, -0.15) is 0 Å². The van der Waals surface area contributed by atoms with Crippen LogP contribution in [0.1, 0.15) is 84.4 Å². The van der Waals surface area contributed by atoms with E-state index in [1.807, 2.05) is 75.4 Å². The van der Waals surface area contributed by atoms with Crippen LogP contribution in [0.15, 0.2) is 54.6 Å². The van der Waals surface area contributed by atoms with Crippen molar-refractivity contribution in [3.63, 3.8) is 0 Å². The van der Waals surface area contributed by atoms with Crippen molar-refractivity contribution in [3.8, 4) is 0 Å². The minimum atomic E-state index is -0.869. The van der Waals surface area contributed by atoms with E-state index in [2.05, 4.69) is 17.6 Å². The molecule has 2 aromatic rings. The zero-order valence-corrected chi connectivity index (χ0v) is 24.0. The number of nitrogens with one attached hydrogen (secondary N) is 2. The second-order valence-electron chi connectivity index (χ2n) is 11.1. The topological polar surface area (TPSA) is 87.7 Å². The first-order valence-corrected chi connectivity index (χ1v) is 13.7. The van der Waals surface area contributed by atoms with Gasteiger partial charge in [0.15, 0.2) is 0 Å². The molecule has 0 saturated carbocycles. The van der Waals surface area contributed by atoms with Gasteiger partial charge in [-0.15, -0.1) is 0 Å². The van der Waals surface area contributed by atoms with Gasteiger partial charge in [0.25, 0.3) is 5.91 Å². The zero-order valence-electron chi connectivity index (χ0n) is 24.0. The molecule has 0 radical (unpaired) electrons. The molecule has 0 bridgehead atoms. The Labute approximate surface area is 228 Å². The van der Waals surface area contributed by atoms with Gasteiger partial charge in [-0.25, -0.2) is 4.79 Å². The zero-order chi connectivity index (χ0) is 28.3. The van der Waals surface area contributed by atoms with Crippen LogP contribution in [0.3, 0.4) is 0 Å². The van der Waals surface area contributed by atoms with Crippen molar-refractivity contribution in [2.24, 2.45) is 5.92 Å². The lowest BCUT2D eigenvalue weighted by molar-refractivity contribution is -0.141. The van der Waals surface area contributed by atoms with E-state index in [1.165, 1.54) is 0 Å². The normalized spacial score (nSPS) is 12.9. The second kappa shape index (κ2) is 14.6. The van der Waals surface area contributed by atoms with Crippen molar-refractivity contribution in [2.45, 2.75) is 91.8 Å². The number of hydrogen-bond donors (Lipinski definition) is 2. The fourth-order valence-electron chi connectivity index (χ4n) is 4.22. The predicted octanol–water partition coefficient (Wildman–Crippen LogP) is 6.63. The van der Waals surface area contributed by atoms with E-state index in [0.717, 1.165) is 31.2 Å². The van der Waals surface area contributed by atoms with Crippen LogP contribution < -0.4 is 10.6 Å². The fourth-order valence-corrected chi connectivity index (χ4v) is 4.22. The summed E-state index contributed by atoms with van der Waals surface area (Å²) in [6, 6.07) is 15.2. The van der Waals surface area contributed by atoms with Gasteiger partial charge in [-0.05, 0) is 57.2 Å². The molecular formula is C31H45N3O4. The molecule has 0 spiro atoms. The van der Waals surface area contributed by atoms with Gasteiger partial charge in [0.1, 0.15) is 17.7 Å². The molecule has 2 aromatic carbocycles. The van der Waals surface area contributed by atoms with Crippen molar-refractivity contribution in [1.82, 2.24) is 10.2 Å². The van der Waals surface area contributed by atoms with Gasteiger partial charge in [-0.1, -0.05) is 88.6 Å². The summed E-state index contributed by atoms with van der Waals surface area (Å²) >= 11 is 0. The Morgan fingerprint density at radius 3 is 2.13 bits per heavy atom. The van der Waals surface area contributed by atoms with E-state index in [9.17, 15) is 14.4 Å². The first-order chi connectivity index (χ1) is 17.9. The average Bonchev–Trinajstić information content (AvgIpc) is 2.84. The first-order valence-electron chi connectivity index (χ1n) is 13.7. The Bertz CT molecular complexity index is 1050. The molecule has 0 aromatic heterocycles. The quantitative estimate of drug-likeness (QED) is 0.306. The largest absolute Gasteiger partial charge is 0.444 e. The van der Waals surface area contributed by atoms with Gasteiger partial charge in [0, 0.05) is 12.2 Å². The molecule has 208 valence electrons. The number of para-hydroxylation sites is 1. The summed E-state index contributed by atoms with van der Waals surface area (Å²) in [5.74, 6) is -0.825. The third-order valence-electron chi connectivity index (χ3n) is 6.22. The first kappa shape index (κ1) is 30.9. The van der Waals surface area contributed by atoms with E-state index < -0.39 is 23.8 Å². The van der Waals surface area contributed by atoms with Gasteiger partial charge in [-0.3, -0.25) is 9.59 Å². The molecule has 2 atom stereocenters. The summed E-state index contributed by atoms with van der Waals surface area (Å²) in [5, 5.41) is 5.82. The number of benzene rings is 2. The van der Waals surface area contributed by atoms with Gasteiger partial charge in [0.2, 0.25) is 5.91 Å². The standard InChI is InChI=1S/C31H45N3O4/c1-8-9-10-16-21-34(29(36)26(22(2)3)33-30(37)38-31(5,6)7)27(24-18-12-11-13-19-24)28(35)32-25-20-15-14-17-23(25)4/h11-15,17-20,22,26-27H,8-10,16,21H2,1-7H3,(H,32,35)(H,33,37). The van der Waals surface area contributed by atoms with E-state index in [0.29, 0.717) is 17.8 Å². The molecule has 2 rings (SSSR count). The third-order valence-corrected chi connectivity index (χ3v) is 6.22. The molecule has 2 unspecified atom stereocenters. The highest BCUT2D eigenvalue weighted by atomic mass is 16.6. The van der Waals surface area contributed by atoms with Crippen molar-refractivity contribution < 1.29 is 19.1 Å². The third kappa shape index (κ3) is 9.51. The molecule has 7 nitrogen and oxygen atoms in total. The maximum atomic E-state index is 14.2. The Hall–Kier alpha value is -3.35. The number of carbonyl (C=O) groups is 3. The van der Waals surface area contributed by atoms with Crippen LogP contribution in [0, 0.1) is 12.8 Å². The monoisotopic (exact) mass is 523 g/mol. The van der Waals surface area contributed by atoms with E-state index >= 15 is 0 Å². The number of carbonyl (C=O) groups excluding carboxylic acids is 3. The number of unbranched alkanes of at least 4 members (excludes halogenated alkanes) is 3. The van der Waals surface area contributed by atoms with Gasteiger partial charge in [0.05, 0.1) is 0 Å². The minimum absolute atomic E-state index is 0.219. The Morgan fingerprint density at radius 1 is 0.921 bits per heavy atom. The van der Waals surface area contributed by atoms with Crippen LogP contribution >= 0.6 is 0 Å². The van der Waals surface area contributed by atoms with Crippen LogP contribution in [0.2, 0.25) is 0 Å². The summed E-state index contributed by atoms with van der Waals surface area (Å²) in [7, 11) is 0. The number of ether oxygens (including phenoxy) is 1. The molecule has 0 aliphatic rings. The molecular weight excluding hydrogens is 478 g/mol. The molecule has 0 aliphatic carbocycles. The van der Waals surface area contributed by atoms with Crippen LogP contribution in [0.25, 0.3) is 0 Å². The van der Waals surface area contributed by atoms with E-state index in [1.54, 1.807) is 25.7 Å².